The minimum absolute atomic E-state index is 0.272. The maximum atomic E-state index is 12.1. The number of nitrogens with zero attached hydrogens (tertiary/aromatic N) is 1. The van der Waals surface area contributed by atoms with Gasteiger partial charge in [-0.1, -0.05) is 12.1 Å². The Kier molecular flexibility index (Phi) is 5.19. The highest BCUT2D eigenvalue weighted by Crippen LogP contribution is 2.28. The Bertz CT molecular complexity index is 552. The van der Waals surface area contributed by atoms with Crippen LogP contribution in [-0.2, 0) is 16.1 Å². The van der Waals surface area contributed by atoms with Gasteiger partial charge in [-0.15, -0.1) is 0 Å². The number of hydrogen-bond donors (Lipinski definition) is 0. The lowest BCUT2D eigenvalue weighted by Crippen LogP contribution is -2.39. The molecule has 1 aromatic rings. The first-order valence-electron chi connectivity index (χ1n) is 7.96. The number of benzene rings is 1. The van der Waals surface area contributed by atoms with Crippen molar-refractivity contribution in [2.75, 3.05) is 20.2 Å². The smallest absolute Gasteiger partial charge is 0.410 e. The van der Waals surface area contributed by atoms with Gasteiger partial charge in [0.25, 0.3) is 0 Å². The van der Waals surface area contributed by atoms with Crippen LogP contribution in [-0.4, -0.2) is 42.4 Å². The van der Waals surface area contributed by atoms with E-state index in [9.17, 15) is 4.79 Å². The fraction of sp³-hybridized carbons (Fsp3) is 0.611. The molecular formula is C18H27NO4. The maximum absolute atomic E-state index is 12.1. The third-order valence-corrected chi connectivity index (χ3v) is 3.81. The van der Waals surface area contributed by atoms with Gasteiger partial charge in [0, 0.05) is 6.54 Å². The minimum atomic E-state index is -0.475. The fourth-order valence-electron chi connectivity index (χ4n) is 2.55. The van der Waals surface area contributed by atoms with E-state index in [1.807, 2.05) is 52.0 Å². The molecule has 0 N–H and O–H groups in total. The third kappa shape index (κ3) is 5.13. The van der Waals surface area contributed by atoms with Crippen LogP contribution in [0, 0.1) is 0 Å². The summed E-state index contributed by atoms with van der Waals surface area (Å²) in [5.74, 6) is 0.818. The molecule has 0 aliphatic carbocycles. The Morgan fingerprint density at radius 2 is 2.09 bits per heavy atom. The van der Waals surface area contributed by atoms with Crippen molar-refractivity contribution in [2.24, 2.45) is 0 Å². The Labute approximate surface area is 138 Å². The van der Waals surface area contributed by atoms with Crippen LogP contribution >= 0.6 is 0 Å². The van der Waals surface area contributed by atoms with E-state index in [0.29, 0.717) is 19.7 Å². The van der Waals surface area contributed by atoms with Crippen molar-refractivity contribution < 1.29 is 19.0 Å². The van der Waals surface area contributed by atoms with Crippen molar-refractivity contribution in [3.8, 4) is 5.75 Å². The summed E-state index contributed by atoms with van der Waals surface area (Å²) in [5.41, 5.74) is 0.235. The quantitative estimate of drug-likeness (QED) is 0.850. The Morgan fingerprint density at radius 3 is 2.74 bits per heavy atom. The number of ether oxygens (including phenoxy) is 3. The van der Waals surface area contributed by atoms with Gasteiger partial charge in [0.05, 0.1) is 25.9 Å². The van der Waals surface area contributed by atoms with Gasteiger partial charge in [0.1, 0.15) is 11.4 Å². The molecule has 0 spiro atoms. The van der Waals surface area contributed by atoms with Gasteiger partial charge in [-0.25, -0.2) is 4.79 Å². The van der Waals surface area contributed by atoms with Gasteiger partial charge in [-0.05, 0) is 51.8 Å². The first-order valence-corrected chi connectivity index (χ1v) is 7.96. The minimum Gasteiger partial charge on any atom is -0.497 e. The van der Waals surface area contributed by atoms with Crippen LogP contribution in [0.3, 0.4) is 0 Å². The molecule has 5 heteroatoms. The number of rotatable bonds is 4. The molecule has 128 valence electrons. The molecule has 1 aliphatic heterocycles. The van der Waals surface area contributed by atoms with E-state index in [1.165, 1.54) is 0 Å². The van der Waals surface area contributed by atoms with Crippen molar-refractivity contribution in [1.82, 2.24) is 4.90 Å². The molecule has 0 radical (unpaired) electrons. The van der Waals surface area contributed by atoms with E-state index >= 15 is 0 Å². The van der Waals surface area contributed by atoms with E-state index in [0.717, 1.165) is 17.7 Å². The van der Waals surface area contributed by atoms with E-state index in [4.69, 9.17) is 14.2 Å². The van der Waals surface area contributed by atoms with Gasteiger partial charge < -0.3 is 19.1 Å². The van der Waals surface area contributed by atoms with Gasteiger partial charge in [0.15, 0.2) is 0 Å². The molecule has 1 aliphatic rings. The second-order valence-corrected chi connectivity index (χ2v) is 7.24. The van der Waals surface area contributed by atoms with Crippen molar-refractivity contribution >= 4 is 6.09 Å². The molecule has 23 heavy (non-hydrogen) atoms. The lowest BCUT2D eigenvalue weighted by atomic mass is 10.1. The summed E-state index contributed by atoms with van der Waals surface area (Å²) in [7, 11) is 1.65. The number of carbonyl (C=O) groups is 1. The number of likely N-dealkylation sites (tertiary alicyclic amines) is 1. The van der Waals surface area contributed by atoms with Gasteiger partial charge >= 0.3 is 6.09 Å². The largest absolute Gasteiger partial charge is 0.497 e. The first kappa shape index (κ1) is 17.6. The Balaban J connectivity index is 1.89. The summed E-state index contributed by atoms with van der Waals surface area (Å²) < 4.78 is 16.7. The molecular weight excluding hydrogens is 294 g/mol. The van der Waals surface area contributed by atoms with E-state index in [-0.39, 0.29) is 11.7 Å². The highest BCUT2D eigenvalue weighted by Gasteiger charge is 2.38. The van der Waals surface area contributed by atoms with Crippen LogP contribution in [0.25, 0.3) is 0 Å². The molecule has 1 aromatic carbocycles. The van der Waals surface area contributed by atoms with Crippen molar-refractivity contribution in [3.05, 3.63) is 29.8 Å². The van der Waals surface area contributed by atoms with Crippen LogP contribution in [0.2, 0.25) is 0 Å². The van der Waals surface area contributed by atoms with Gasteiger partial charge in [-0.2, -0.15) is 0 Å². The van der Waals surface area contributed by atoms with E-state index < -0.39 is 5.60 Å². The van der Waals surface area contributed by atoms with Crippen LogP contribution in [0.1, 0.15) is 39.7 Å². The Morgan fingerprint density at radius 1 is 1.35 bits per heavy atom. The average molecular weight is 321 g/mol. The highest BCUT2D eigenvalue weighted by atomic mass is 16.6. The molecule has 2 rings (SSSR count). The van der Waals surface area contributed by atoms with Crippen LogP contribution in [0.4, 0.5) is 4.79 Å². The predicted molar refractivity (Wildman–Crippen MR) is 88.6 cm³/mol. The zero-order valence-electron chi connectivity index (χ0n) is 14.7. The molecule has 1 heterocycles. The highest BCUT2D eigenvalue weighted by molar-refractivity contribution is 5.68. The zero-order valence-corrected chi connectivity index (χ0v) is 14.7. The number of amides is 1. The second-order valence-electron chi connectivity index (χ2n) is 7.24. The zero-order chi connectivity index (χ0) is 17.1. The summed E-state index contributed by atoms with van der Waals surface area (Å²) in [6, 6.07) is 7.82. The molecule has 1 saturated heterocycles. The van der Waals surface area contributed by atoms with Crippen LogP contribution in [0.5, 0.6) is 5.75 Å². The maximum Gasteiger partial charge on any atom is 0.410 e. The normalized spacial score (nSPS) is 21.3. The topological polar surface area (TPSA) is 48.0 Å². The lowest BCUT2D eigenvalue weighted by Gasteiger charge is -2.27. The molecule has 5 nitrogen and oxygen atoms in total. The van der Waals surface area contributed by atoms with Crippen molar-refractivity contribution in [2.45, 2.75) is 51.9 Å². The number of carbonyl (C=O) groups excluding carboxylic acids is 1. The summed E-state index contributed by atoms with van der Waals surface area (Å²) in [6.07, 6.45) is 0.530. The lowest BCUT2D eigenvalue weighted by molar-refractivity contribution is -0.0375. The average Bonchev–Trinajstić information content (AvgIpc) is 2.87. The second kappa shape index (κ2) is 6.79. The standard InChI is InChI=1S/C18H27NO4/c1-17(2,3)23-16(20)19-10-9-18(4,13-19)22-12-14-7-6-8-15(11-14)21-5/h6-8,11H,9-10,12-13H2,1-5H3. The molecule has 1 amide bonds. The summed E-state index contributed by atoms with van der Waals surface area (Å²) >= 11 is 0. The van der Waals surface area contributed by atoms with Crippen LogP contribution < -0.4 is 4.74 Å². The summed E-state index contributed by atoms with van der Waals surface area (Å²) in [6.45, 7) is 9.36. The van der Waals surface area contributed by atoms with E-state index in [2.05, 4.69) is 0 Å². The van der Waals surface area contributed by atoms with E-state index in [1.54, 1.807) is 12.0 Å². The molecule has 0 saturated carbocycles. The fourth-order valence-corrected chi connectivity index (χ4v) is 2.55. The van der Waals surface area contributed by atoms with Gasteiger partial charge in [0.2, 0.25) is 0 Å². The van der Waals surface area contributed by atoms with Crippen molar-refractivity contribution in [1.29, 1.82) is 0 Å². The summed E-state index contributed by atoms with van der Waals surface area (Å²) in [4.78, 5) is 13.9. The first-order chi connectivity index (χ1) is 10.7. The number of hydrogen-bond acceptors (Lipinski definition) is 4. The Hall–Kier alpha value is -1.75. The van der Waals surface area contributed by atoms with Crippen molar-refractivity contribution in [3.63, 3.8) is 0 Å². The molecule has 0 aromatic heterocycles. The third-order valence-electron chi connectivity index (χ3n) is 3.81. The SMILES string of the molecule is COc1cccc(COC2(C)CCN(C(=O)OC(C)(C)C)C2)c1. The van der Waals surface area contributed by atoms with Gasteiger partial charge in [-0.3, -0.25) is 0 Å². The molecule has 1 atom stereocenters. The molecule has 0 bridgehead atoms. The molecule has 1 unspecified atom stereocenters. The summed E-state index contributed by atoms with van der Waals surface area (Å²) in [5, 5.41) is 0. The van der Waals surface area contributed by atoms with Crippen LogP contribution in [0.15, 0.2) is 24.3 Å². The predicted octanol–water partition coefficient (Wildman–Crippen LogP) is 3.61. The monoisotopic (exact) mass is 321 g/mol. The molecule has 1 fully saturated rings. The number of methoxy groups -OCH3 is 1.